The predicted octanol–water partition coefficient (Wildman–Crippen LogP) is 1.48. The number of aliphatic hydroxyl groups is 1. The lowest BCUT2D eigenvalue weighted by atomic mass is 9.73. The first-order chi connectivity index (χ1) is 9.53. The minimum absolute atomic E-state index is 0.0553. The second-order valence-corrected chi connectivity index (χ2v) is 7.68. The van der Waals surface area contributed by atoms with Gasteiger partial charge in [0.05, 0.1) is 12.1 Å². The standard InChI is InChI=1S/C15H28N2O2S/c1-12(17-7-9-20-10-8-17)14(19)16-11-15(2)6-4-3-5-13(15)18/h12-13,18H,3-11H2,1-2H3,(H,16,19). The summed E-state index contributed by atoms with van der Waals surface area (Å²) in [4.78, 5) is 14.5. The van der Waals surface area contributed by atoms with E-state index in [1.165, 1.54) is 0 Å². The zero-order valence-corrected chi connectivity index (χ0v) is 13.5. The Labute approximate surface area is 126 Å². The molecule has 0 aromatic carbocycles. The molecule has 0 aromatic rings. The molecule has 1 heterocycles. The monoisotopic (exact) mass is 300 g/mol. The first-order valence-electron chi connectivity index (χ1n) is 7.80. The van der Waals surface area contributed by atoms with Crippen molar-refractivity contribution in [3.63, 3.8) is 0 Å². The number of thioether (sulfide) groups is 1. The largest absolute Gasteiger partial charge is 0.392 e. The smallest absolute Gasteiger partial charge is 0.237 e. The first kappa shape index (κ1) is 16.1. The molecule has 3 unspecified atom stereocenters. The summed E-state index contributed by atoms with van der Waals surface area (Å²) in [6, 6.07) is -0.0553. The van der Waals surface area contributed by atoms with Crippen LogP contribution in [0.15, 0.2) is 0 Å². The van der Waals surface area contributed by atoms with Crippen molar-refractivity contribution in [2.45, 2.75) is 51.7 Å². The zero-order valence-electron chi connectivity index (χ0n) is 12.7. The lowest BCUT2D eigenvalue weighted by Gasteiger charge is -2.39. The Morgan fingerprint density at radius 1 is 1.45 bits per heavy atom. The van der Waals surface area contributed by atoms with E-state index in [1.54, 1.807) is 0 Å². The fourth-order valence-electron chi connectivity index (χ4n) is 3.16. The minimum Gasteiger partial charge on any atom is -0.392 e. The molecule has 2 rings (SSSR count). The van der Waals surface area contributed by atoms with E-state index in [2.05, 4.69) is 17.1 Å². The van der Waals surface area contributed by atoms with Gasteiger partial charge in [-0.1, -0.05) is 19.8 Å². The van der Waals surface area contributed by atoms with Gasteiger partial charge >= 0.3 is 0 Å². The molecule has 1 saturated heterocycles. The van der Waals surface area contributed by atoms with Crippen molar-refractivity contribution >= 4 is 17.7 Å². The molecule has 1 amide bonds. The van der Waals surface area contributed by atoms with Gasteiger partial charge in [-0.05, 0) is 19.8 Å². The summed E-state index contributed by atoms with van der Waals surface area (Å²) < 4.78 is 0. The first-order valence-corrected chi connectivity index (χ1v) is 8.96. The molecule has 3 atom stereocenters. The molecular weight excluding hydrogens is 272 g/mol. The fourth-order valence-corrected chi connectivity index (χ4v) is 4.09. The summed E-state index contributed by atoms with van der Waals surface area (Å²) in [6.45, 7) is 6.68. The maximum absolute atomic E-state index is 12.3. The van der Waals surface area contributed by atoms with Crippen molar-refractivity contribution < 1.29 is 9.90 Å². The molecule has 4 nitrogen and oxygen atoms in total. The molecule has 1 aliphatic heterocycles. The van der Waals surface area contributed by atoms with Gasteiger partial charge in [0.2, 0.25) is 5.91 Å². The van der Waals surface area contributed by atoms with E-state index < -0.39 is 0 Å². The molecule has 0 aromatic heterocycles. The van der Waals surface area contributed by atoms with Gasteiger partial charge in [0.15, 0.2) is 0 Å². The Morgan fingerprint density at radius 2 is 2.15 bits per heavy atom. The molecular formula is C15H28N2O2S. The summed E-state index contributed by atoms with van der Waals surface area (Å²) in [5, 5.41) is 13.2. The second kappa shape index (κ2) is 7.14. The average Bonchev–Trinajstić information content (AvgIpc) is 2.48. The molecule has 1 saturated carbocycles. The van der Waals surface area contributed by atoms with E-state index in [9.17, 15) is 9.90 Å². The van der Waals surface area contributed by atoms with Crippen molar-refractivity contribution in [3.8, 4) is 0 Å². The molecule has 20 heavy (non-hydrogen) atoms. The highest BCUT2D eigenvalue weighted by Crippen LogP contribution is 2.35. The van der Waals surface area contributed by atoms with Gasteiger partial charge < -0.3 is 10.4 Å². The zero-order chi connectivity index (χ0) is 14.6. The Morgan fingerprint density at radius 3 is 2.80 bits per heavy atom. The van der Waals surface area contributed by atoms with Crippen LogP contribution in [0.4, 0.5) is 0 Å². The molecule has 2 aliphatic rings. The highest BCUT2D eigenvalue weighted by Gasteiger charge is 2.36. The molecule has 1 aliphatic carbocycles. The van der Waals surface area contributed by atoms with Gasteiger partial charge in [0, 0.05) is 36.6 Å². The number of amides is 1. The van der Waals surface area contributed by atoms with Crippen LogP contribution in [0.2, 0.25) is 0 Å². The van der Waals surface area contributed by atoms with Gasteiger partial charge in [-0.3, -0.25) is 9.69 Å². The number of nitrogens with one attached hydrogen (secondary N) is 1. The third-order valence-corrected chi connectivity index (χ3v) is 5.86. The van der Waals surface area contributed by atoms with Gasteiger partial charge in [0.1, 0.15) is 0 Å². The number of carbonyl (C=O) groups excluding carboxylic acids is 1. The summed E-state index contributed by atoms with van der Waals surface area (Å²) in [6.07, 6.45) is 3.85. The molecule has 2 fully saturated rings. The molecule has 0 radical (unpaired) electrons. The summed E-state index contributed by atoms with van der Waals surface area (Å²) >= 11 is 1.96. The van der Waals surface area contributed by atoms with Gasteiger partial charge in [-0.2, -0.15) is 11.8 Å². The van der Waals surface area contributed by atoms with Crippen LogP contribution in [0.5, 0.6) is 0 Å². The normalized spacial score (nSPS) is 33.6. The topological polar surface area (TPSA) is 52.6 Å². The van der Waals surface area contributed by atoms with Crippen LogP contribution in [0.3, 0.4) is 0 Å². The minimum atomic E-state index is -0.279. The van der Waals surface area contributed by atoms with Crippen LogP contribution < -0.4 is 5.32 Å². The van der Waals surface area contributed by atoms with Gasteiger partial charge in [-0.25, -0.2) is 0 Å². The van der Waals surface area contributed by atoms with E-state index in [0.717, 1.165) is 50.3 Å². The van der Waals surface area contributed by atoms with Crippen LogP contribution in [0.1, 0.15) is 39.5 Å². The molecule has 116 valence electrons. The molecule has 0 bridgehead atoms. The average molecular weight is 300 g/mol. The molecule has 5 heteroatoms. The SMILES string of the molecule is CC(C(=O)NCC1(C)CCCCC1O)N1CCSCC1. The highest BCUT2D eigenvalue weighted by atomic mass is 32.2. The quantitative estimate of drug-likeness (QED) is 0.826. The van der Waals surface area contributed by atoms with Crippen LogP contribution in [0.25, 0.3) is 0 Å². The van der Waals surface area contributed by atoms with Crippen molar-refractivity contribution in [2.24, 2.45) is 5.41 Å². The lowest BCUT2D eigenvalue weighted by molar-refractivity contribution is -0.127. The highest BCUT2D eigenvalue weighted by molar-refractivity contribution is 7.99. The number of hydrogen-bond donors (Lipinski definition) is 2. The number of rotatable bonds is 4. The van der Waals surface area contributed by atoms with E-state index in [4.69, 9.17) is 0 Å². The summed E-state index contributed by atoms with van der Waals surface area (Å²) in [5.74, 6) is 2.35. The Hall–Kier alpha value is -0.260. The van der Waals surface area contributed by atoms with Gasteiger partial charge in [0.25, 0.3) is 0 Å². The van der Waals surface area contributed by atoms with E-state index in [1.807, 2.05) is 18.7 Å². The maximum Gasteiger partial charge on any atom is 0.237 e. The Balaban J connectivity index is 1.81. The predicted molar refractivity (Wildman–Crippen MR) is 84.0 cm³/mol. The summed E-state index contributed by atoms with van der Waals surface area (Å²) in [5.41, 5.74) is -0.147. The van der Waals surface area contributed by atoms with Crippen molar-refractivity contribution in [3.05, 3.63) is 0 Å². The van der Waals surface area contributed by atoms with E-state index >= 15 is 0 Å². The Kier molecular flexibility index (Phi) is 5.75. The maximum atomic E-state index is 12.3. The van der Waals surface area contributed by atoms with Crippen molar-refractivity contribution in [2.75, 3.05) is 31.1 Å². The number of nitrogens with zero attached hydrogens (tertiary/aromatic N) is 1. The lowest BCUT2D eigenvalue weighted by Crippen LogP contribution is -2.52. The molecule has 0 spiro atoms. The van der Waals surface area contributed by atoms with Crippen molar-refractivity contribution in [1.82, 2.24) is 10.2 Å². The number of aliphatic hydroxyl groups excluding tert-OH is 1. The number of hydrogen-bond acceptors (Lipinski definition) is 4. The van der Waals surface area contributed by atoms with Gasteiger partial charge in [-0.15, -0.1) is 0 Å². The van der Waals surface area contributed by atoms with Crippen LogP contribution >= 0.6 is 11.8 Å². The van der Waals surface area contributed by atoms with Crippen LogP contribution in [0, 0.1) is 5.41 Å². The third kappa shape index (κ3) is 3.89. The second-order valence-electron chi connectivity index (χ2n) is 6.46. The van der Waals surface area contributed by atoms with E-state index in [0.29, 0.717) is 6.54 Å². The summed E-state index contributed by atoms with van der Waals surface area (Å²) in [7, 11) is 0. The van der Waals surface area contributed by atoms with E-state index in [-0.39, 0.29) is 23.5 Å². The number of carbonyl (C=O) groups is 1. The van der Waals surface area contributed by atoms with Crippen LogP contribution in [-0.2, 0) is 4.79 Å². The molecule has 2 N–H and O–H groups in total. The fraction of sp³-hybridized carbons (Fsp3) is 0.933. The Bertz CT molecular complexity index is 334. The third-order valence-electron chi connectivity index (χ3n) is 4.92. The van der Waals surface area contributed by atoms with Crippen molar-refractivity contribution in [1.29, 1.82) is 0 Å². The van der Waals surface area contributed by atoms with Crippen LogP contribution in [-0.4, -0.2) is 59.2 Å².